The second-order valence-electron chi connectivity index (χ2n) is 17.1. The summed E-state index contributed by atoms with van der Waals surface area (Å²) >= 11 is 0. The van der Waals surface area contributed by atoms with Gasteiger partial charge in [0.05, 0.1) is 31.3 Å². The van der Waals surface area contributed by atoms with Gasteiger partial charge in [0.15, 0.2) is 0 Å². The predicted octanol–water partition coefficient (Wildman–Crippen LogP) is 11.7. The minimum atomic E-state index is -0.335. The van der Waals surface area contributed by atoms with Gasteiger partial charge in [0.1, 0.15) is 36.0 Å². The number of nitrogens with zero attached hydrogens (tertiary/aromatic N) is 1. The Morgan fingerprint density at radius 1 is 0.639 bits per heavy atom. The van der Waals surface area contributed by atoms with Crippen LogP contribution in [-0.2, 0) is 41.3 Å². The van der Waals surface area contributed by atoms with E-state index in [0.29, 0.717) is 52.5 Å². The average molecular weight is 846 g/mol. The molecule has 1 amide bonds. The highest BCUT2D eigenvalue weighted by atomic mass is 19.1. The Morgan fingerprint density at radius 2 is 1.21 bits per heavy atom. The van der Waals surface area contributed by atoms with Crippen LogP contribution in [-0.4, -0.2) is 76.1 Å². The molecule has 2 heterocycles. The highest BCUT2D eigenvalue weighted by molar-refractivity contribution is 6.03. The Balaban J connectivity index is 1.48. The first-order valence-electron chi connectivity index (χ1n) is 23.8. The number of hydrogen-bond acceptors (Lipinski definition) is 7. The molecule has 0 radical (unpaired) electrons. The van der Waals surface area contributed by atoms with Gasteiger partial charge in [0, 0.05) is 44.1 Å². The largest absolute Gasteiger partial charge is 0.493 e. The maximum absolute atomic E-state index is 14.1. The van der Waals surface area contributed by atoms with Gasteiger partial charge in [-0.1, -0.05) is 109 Å². The molecular formula is C52H76FNO7. The number of hydrogen-bond donors (Lipinski definition) is 0. The third kappa shape index (κ3) is 14.1. The Morgan fingerprint density at radius 3 is 1.85 bits per heavy atom. The molecule has 61 heavy (non-hydrogen) atoms. The van der Waals surface area contributed by atoms with Gasteiger partial charge in [0.2, 0.25) is 5.91 Å². The molecule has 0 aromatic heterocycles. The lowest BCUT2D eigenvalue weighted by molar-refractivity contribution is -0.265. The van der Waals surface area contributed by atoms with Crippen molar-refractivity contribution in [1.82, 2.24) is 0 Å². The number of anilines is 1. The third-order valence-corrected chi connectivity index (χ3v) is 12.1. The Kier molecular flexibility index (Phi) is 21.0. The summed E-state index contributed by atoms with van der Waals surface area (Å²) in [6.45, 7) is 16.5. The van der Waals surface area contributed by atoms with Crippen molar-refractivity contribution in [1.29, 1.82) is 0 Å². The summed E-state index contributed by atoms with van der Waals surface area (Å²) < 4.78 is 53.9. The zero-order valence-corrected chi connectivity index (χ0v) is 38.2. The molecule has 2 aliphatic rings. The first-order valence-corrected chi connectivity index (χ1v) is 23.8. The van der Waals surface area contributed by atoms with Gasteiger partial charge < -0.3 is 33.3 Å². The lowest BCUT2D eigenvalue weighted by atomic mass is 9.77. The molecule has 0 N–H and O–H groups in total. The van der Waals surface area contributed by atoms with Gasteiger partial charge >= 0.3 is 0 Å². The molecule has 5 rings (SSSR count). The minimum absolute atomic E-state index is 0.122. The summed E-state index contributed by atoms with van der Waals surface area (Å²) in [5.74, 6) is 0.478. The monoisotopic (exact) mass is 846 g/mol. The van der Waals surface area contributed by atoms with Crippen LogP contribution in [0, 0.1) is 18.7 Å². The lowest BCUT2D eigenvalue weighted by Gasteiger charge is -2.48. The van der Waals surface area contributed by atoms with Crippen LogP contribution in [0.1, 0.15) is 140 Å². The second-order valence-corrected chi connectivity index (χ2v) is 17.1. The van der Waals surface area contributed by atoms with E-state index in [1.54, 1.807) is 0 Å². The number of benzene rings is 3. The van der Waals surface area contributed by atoms with Crippen molar-refractivity contribution in [3.05, 3.63) is 94.8 Å². The van der Waals surface area contributed by atoms with Crippen molar-refractivity contribution < 1.29 is 37.6 Å². The highest BCUT2D eigenvalue weighted by Gasteiger charge is 2.50. The van der Waals surface area contributed by atoms with E-state index in [1.165, 1.54) is 12.1 Å². The number of carbonyl (C=O) groups is 1. The quantitative estimate of drug-likeness (QED) is 0.0509. The van der Waals surface area contributed by atoms with Gasteiger partial charge in [-0.15, -0.1) is 0 Å². The minimum Gasteiger partial charge on any atom is -0.493 e. The third-order valence-electron chi connectivity index (χ3n) is 12.1. The van der Waals surface area contributed by atoms with Crippen molar-refractivity contribution >= 4 is 11.6 Å². The number of ether oxygens (including phenoxy) is 6. The molecule has 0 spiro atoms. The molecular weight excluding hydrogens is 770 g/mol. The molecule has 0 saturated carbocycles. The molecule has 3 aromatic carbocycles. The van der Waals surface area contributed by atoms with E-state index >= 15 is 0 Å². The van der Waals surface area contributed by atoms with Gasteiger partial charge in [-0.3, -0.25) is 4.79 Å². The summed E-state index contributed by atoms with van der Waals surface area (Å²) in [7, 11) is 0. The first-order chi connectivity index (χ1) is 29.8. The van der Waals surface area contributed by atoms with Crippen LogP contribution >= 0.6 is 0 Å². The molecule has 2 unspecified atom stereocenters. The summed E-state index contributed by atoms with van der Waals surface area (Å²) in [6, 6.07) is 21.2. The number of rotatable bonds is 29. The normalized spacial score (nSPS) is 22.7. The second kappa shape index (κ2) is 26.3. The van der Waals surface area contributed by atoms with Crippen LogP contribution in [0.5, 0.6) is 5.75 Å². The highest BCUT2D eigenvalue weighted by Crippen LogP contribution is 2.49. The van der Waals surface area contributed by atoms with Gasteiger partial charge in [-0.25, -0.2) is 4.39 Å². The molecule has 2 aliphatic heterocycles. The van der Waals surface area contributed by atoms with E-state index in [2.05, 4.69) is 71.9 Å². The fourth-order valence-electron chi connectivity index (χ4n) is 8.41. The molecule has 2 fully saturated rings. The van der Waals surface area contributed by atoms with Crippen LogP contribution in [0.25, 0.3) is 0 Å². The van der Waals surface area contributed by atoms with Gasteiger partial charge in [-0.2, -0.15) is 0 Å². The number of carbonyl (C=O) groups excluding carboxylic acids is 1. The summed E-state index contributed by atoms with van der Waals surface area (Å²) in [4.78, 5) is 16.1. The van der Waals surface area contributed by atoms with E-state index in [9.17, 15) is 9.18 Å². The number of halogens is 1. The average Bonchev–Trinajstić information content (AvgIpc) is 3.26. The van der Waals surface area contributed by atoms with Gasteiger partial charge in [-0.05, 0) is 99.7 Å². The number of unbranched alkanes of at least 4 members (excludes halogenated alkanes) is 5. The number of β-lactam (4-membered cyclic amide) rings is 1. The van der Waals surface area contributed by atoms with E-state index in [1.807, 2.05) is 29.2 Å². The van der Waals surface area contributed by atoms with Crippen molar-refractivity contribution in [2.24, 2.45) is 5.92 Å². The smallest absolute Gasteiger partial charge is 0.233 e. The molecule has 0 aliphatic carbocycles. The topological polar surface area (TPSA) is 75.7 Å². The van der Waals surface area contributed by atoms with E-state index in [-0.39, 0.29) is 54.2 Å². The van der Waals surface area contributed by atoms with Crippen LogP contribution in [0.2, 0.25) is 0 Å². The summed E-state index contributed by atoms with van der Waals surface area (Å²) in [5, 5.41) is 0. The Hall–Kier alpha value is -3.34. The molecule has 3 aromatic rings. The SMILES string of the molecule is CCCCOCC1O[C@@H](Cc2ccc([C@@H]3[C@@H](CCCc4ccc(F)cc4)C(=O)N3c3ccc(C)cc3)c(OCCCC)c2)[C@@H](OCCCC)C(OCCCC)[C@@H]1OCCCC. The first kappa shape index (κ1) is 48.7. The fourth-order valence-corrected chi connectivity index (χ4v) is 8.41. The van der Waals surface area contributed by atoms with E-state index in [0.717, 1.165) is 111 Å². The number of amides is 1. The molecule has 9 heteroatoms. The lowest BCUT2D eigenvalue weighted by Crippen LogP contribution is -2.62. The zero-order valence-electron chi connectivity index (χ0n) is 38.2. The molecule has 0 bridgehead atoms. The zero-order chi connectivity index (χ0) is 43.4. The van der Waals surface area contributed by atoms with Crippen LogP contribution in [0.3, 0.4) is 0 Å². The van der Waals surface area contributed by atoms with Crippen LogP contribution in [0.15, 0.2) is 66.7 Å². The predicted molar refractivity (Wildman–Crippen MR) is 243 cm³/mol. The Bertz CT molecular complexity index is 1690. The fraction of sp³-hybridized carbons (Fsp3) is 0.635. The number of aryl methyl sites for hydroxylation is 2. The van der Waals surface area contributed by atoms with E-state index < -0.39 is 0 Å². The summed E-state index contributed by atoms with van der Waals surface area (Å²) in [6.07, 6.45) is 11.3. The maximum atomic E-state index is 14.1. The Labute approximate surface area is 367 Å². The molecule has 8 nitrogen and oxygen atoms in total. The standard InChI is InChI=1S/C52H76FNO7/c1-7-12-30-56-37-47-50(59-33-15-10-4)51(60-34-16-11-5)49(58-32-14-9-3)46(61-47)36-40-24-29-43(45(35-40)57-31-13-8-2)48-44(19-17-18-39-22-25-41(53)26-23-39)52(55)54(48)42-27-20-38(6)21-28-42/h20-29,35,44,46-51H,7-19,30-34,36-37H2,1-6H3/t44-,46+,47?,48-,49-,50-,51?/m1/s1. The molecule has 7 atom stereocenters. The molecule has 2 saturated heterocycles. The van der Waals surface area contributed by atoms with Crippen molar-refractivity contribution in [2.75, 3.05) is 44.5 Å². The van der Waals surface area contributed by atoms with Crippen molar-refractivity contribution in [3.8, 4) is 5.75 Å². The molecule has 338 valence electrons. The van der Waals surface area contributed by atoms with Gasteiger partial charge in [0.25, 0.3) is 0 Å². The summed E-state index contributed by atoms with van der Waals surface area (Å²) in [5.41, 5.74) is 5.19. The van der Waals surface area contributed by atoms with Crippen molar-refractivity contribution in [3.63, 3.8) is 0 Å². The van der Waals surface area contributed by atoms with Crippen LogP contribution in [0.4, 0.5) is 10.1 Å². The van der Waals surface area contributed by atoms with Crippen molar-refractivity contribution in [2.45, 2.75) is 168 Å². The maximum Gasteiger partial charge on any atom is 0.233 e. The van der Waals surface area contributed by atoms with Crippen LogP contribution < -0.4 is 9.64 Å². The van der Waals surface area contributed by atoms with E-state index in [4.69, 9.17) is 28.4 Å².